The van der Waals surface area contributed by atoms with E-state index in [4.69, 9.17) is 0 Å². The van der Waals surface area contributed by atoms with E-state index in [0.29, 0.717) is 47.1 Å². The van der Waals surface area contributed by atoms with Crippen LogP contribution in [-0.2, 0) is 9.59 Å². The fraction of sp³-hybridized carbons (Fsp3) is 0.833. The summed E-state index contributed by atoms with van der Waals surface area (Å²) >= 11 is 0. The molecular formula is C12H14O2. The molecule has 0 aromatic heterocycles. The van der Waals surface area contributed by atoms with Gasteiger partial charge in [-0.15, -0.1) is 0 Å². The molecule has 0 saturated heterocycles. The van der Waals surface area contributed by atoms with Crippen LogP contribution in [0.15, 0.2) is 0 Å². The topological polar surface area (TPSA) is 34.1 Å². The van der Waals surface area contributed by atoms with Crippen molar-refractivity contribution in [2.24, 2.45) is 35.5 Å². The van der Waals surface area contributed by atoms with Crippen LogP contribution in [0, 0.1) is 35.5 Å². The van der Waals surface area contributed by atoms with Gasteiger partial charge in [0, 0.05) is 23.7 Å². The second-order valence-electron chi connectivity index (χ2n) is 5.54. The summed E-state index contributed by atoms with van der Waals surface area (Å²) in [6.07, 6.45) is 4.05. The van der Waals surface area contributed by atoms with Gasteiger partial charge in [0.25, 0.3) is 0 Å². The van der Waals surface area contributed by atoms with E-state index in [2.05, 4.69) is 0 Å². The Balaban J connectivity index is 1.89. The van der Waals surface area contributed by atoms with Crippen LogP contribution in [0.4, 0.5) is 0 Å². The first-order valence-electron chi connectivity index (χ1n) is 5.86. The minimum Gasteiger partial charge on any atom is -0.299 e. The number of rotatable bonds is 0. The van der Waals surface area contributed by atoms with Gasteiger partial charge in [0.2, 0.25) is 0 Å². The van der Waals surface area contributed by atoms with Crippen LogP contribution in [-0.4, -0.2) is 11.6 Å². The normalized spacial score (nSPS) is 58.6. The molecular weight excluding hydrogens is 176 g/mol. The van der Waals surface area contributed by atoms with Crippen LogP contribution in [0.5, 0.6) is 0 Å². The predicted molar refractivity (Wildman–Crippen MR) is 49.4 cm³/mol. The quantitative estimate of drug-likeness (QED) is 0.579. The molecule has 0 radical (unpaired) electrons. The highest BCUT2D eigenvalue weighted by Gasteiger charge is 2.66. The molecule has 4 aliphatic rings. The van der Waals surface area contributed by atoms with E-state index in [1.54, 1.807) is 0 Å². The van der Waals surface area contributed by atoms with E-state index < -0.39 is 0 Å². The Morgan fingerprint density at radius 1 is 0.643 bits per heavy atom. The van der Waals surface area contributed by atoms with Crippen molar-refractivity contribution in [1.82, 2.24) is 0 Å². The molecule has 4 rings (SSSR count). The number of carbonyl (C=O) groups excluding carboxylic acids is 2. The van der Waals surface area contributed by atoms with Crippen LogP contribution in [0.1, 0.15) is 25.7 Å². The van der Waals surface area contributed by atoms with Crippen molar-refractivity contribution < 1.29 is 9.59 Å². The van der Waals surface area contributed by atoms with Gasteiger partial charge in [-0.1, -0.05) is 0 Å². The first-order chi connectivity index (χ1) is 6.79. The van der Waals surface area contributed by atoms with Gasteiger partial charge in [0.15, 0.2) is 0 Å². The Kier molecular flexibility index (Phi) is 1.15. The van der Waals surface area contributed by atoms with E-state index in [-0.39, 0.29) is 0 Å². The Morgan fingerprint density at radius 3 is 1.21 bits per heavy atom. The smallest absolute Gasteiger partial charge is 0.139 e. The molecule has 74 valence electrons. The summed E-state index contributed by atoms with van der Waals surface area (Å²) in [4.78, 5) is 24.1. The largest absolute Gasteiger partial charge is 0.299 e. The van der Waals surface area contributed by atoms with Crippen molar-refractivity contribution in [1.29, 1.82) is 0 Å². The third kappa shape index (κ3) is 0.590. The zero-order valence-corrected chi connectivity index (χ0v) is 8.11. The second-order valence-corrected chi connectivity index (χ2v) is 5.54. The molecule has 4 aliphatic carbocycles. The molecule has 0 N–H and O–H groups in total. The van der Waals surface area contributed by atoms with E-state index >= 15 is 0 Å². The fourth-order valence-electron chi connectivity index (χ4n) is 5.00. The lowest BCUT2D eigenvalue weighted by Crippen LogP contribution is -2.16. The van der Waals surface area contributed by atoms with E-state index in [9.17, 15) is 9.59 Å². The Morgan fingerprint density at radius 2 is 0.929 bits per heavy atom. The van der Waals surface area contributed by atoms with Gasteiger partial charge >= 0.3 is 0 Å². The molecule has 2 nitrogen and oxygen atoms in total. The number of carbonyl (C=O) groups is 2. The average molecular weight is 190 g/mol. The van der Waals surface area contributed by atoms with Crippen molar-refractivity contribution in [2.45, 2.75) is 25.7 Å². The Bertz CT molecular complexity index is 284. The first-order valence-corrected chi connectivity index (χ1v) is 5.86. The zero-order valence-electron chi connectivity index (χ0n) is 8.11. The molecule has 2 heteroatoms. The molecule has 0 aromatic rings. The summed E-state index contributed by atoms with van der Waals surface area (Å²) in [5.74, 6) is 3.22. The number of hydrogen-bond donors (Lipinski definition) is 0. The molecule has 0 amide bonds. The van der Waals surface area contributed by atoms with Crippen molar-refractivity contribution in [2.75, 3.05) is 0 Å². The molecule has 6 atom stereocenters. The summed E-state index contributed by atoms with van der Waals surface area (Å²) < 4.78 is 0. The maximum absolute atomic E-state index is 12.0. The molecule has 0 bridgehead atoms. The van der Waals surface area contributed by atoms with Gasteiger partial charge in [-0.2, -0.15) is 0 Å². The second kappa shape index (κ2) is 2.12. The van der Waals surface area contributed by atoms with Crippen molar-refractivity contribution in [3.8, 4) is 0 Å². The molecule has 2 unspecified atom stereocenters. The third-order valence-corrected chi connectivity index (χ3v) is 5.34. The summed E-state index contributed by atoms with van der Waals surface area (Å²) in [5.41, 5.74) is 0. The van der Waals surface area contributed by atoms with E-state index in [1.807, 2.05) is 0 Å². The Labute approximate surface area is 83.1 Å². The zero-order chi connectivity index (χ0) is 9.45. The molecule has 4 saturated carbocycles. The third-order valence-electron chi connectivity index (χ3n) is 5.34. The Hall–Kier alpha value is -0.660. The lowest BCUT2D eigenvalue weighted by atomic mass is 9.90. The van der Waals surface area contributed by atoms with Crippen LogP contribution in [0.25, 0.3) is 0 Å². The first kappa shape index (κ1) is 7.61. The van der Waals surface area contributed by atoms with Gasteiger partial charge in [0.1, 0.15) is 11.6 Å². The van der Waals surface area contributed by atoms with Crippen molar-refractivity contribution in [3.63, 3.8) is 0 Å². The highest BCUT2D eigenvalue weighted by atomic mass is 16.1. The molecule has 0 aliphatic heterocycles. The van der Waals surface area contributed by atoms with Gasteiger partial charge in [-0.3, -0.25) is 9.59 Å². The van der Waals surface area contributed by atoms with Crippen LogP contribution in [0.2, 0.25) is 0 Å². The fourth-order valence-corrected chi connectivity index (χ4v) is 5.00. The molecule has 0 heterocycles. The summed E-state index contributed by atoms with van der Waals surface area (Å²) in [7, 11) is 0. The van der Waals surface area contributed by atoms with Crippen LogP contribution >= 0.6 is 0 Å². The lowest BCUT2D eigenvalue weighted by molar-refractivity contribution is -0.125. The summed E-state index contributed by atoms with van der Waals surface area (Å²) in [6.45, 7) is 0. The molecule has 0 spiro atoms. The highest BCUT2D eigenvalue weighted by Crippen LogP contribution is 2.64. The minimum atomic E-state index is 0.296. The van der Waals surface area contributed by atoms with Gasteiger partial charge in [-0.25, -0.2) is 0 Å². The van der Waals surface area contributed by atoms with Gasteiger partial charge < -0.3 is 0 Å². The average Bonchev–Trinajstić information content (AvgIpc) is 2.83. The number of hydrogen-bond acceptors (Lipinski definition) is 2. The maximum atomic E-state index is 12.0. The molecule has 0 aromatic carbocycles. The van der Waals surface area contributed by atoms with Gasteiger partial charge in [0.05, 0.1) is 0 Å². The lowest BCUT2D eigenvalue weighted by Gasteiger charge is -2.12. The van der Waals surface area contributed by atoms with Crippen LogP contribution < -0.4 is 0 Å². The molecule has 4 fully saturated rings. The predicted octanol–water partition coefficient (Wildman–Crippen LogP) is 1.44. The summed E-state index contributed by atoms with van der Waals surface area (Å²) in [6, 6.07) is 0. The van der Waals surface area contributed by atoms with Crippen LogP contribution in [0.3, 0.4) is 0 Å². The standard InChI is InChI=1S/C12H14O2/c13-11-5-1-2-6-9(5)10-7(11)3-4-8(10)12(6)14/h5-10H,1-4H2/t5-,6+,7-,8+,9?,10?. The van der Waals surface area contributed by atoms with Crippen molar-refractivity contribution in [3.05, 3.63) is 0 Å². The van der Waals surface area contributed by atoms with E-state index in [1.165, 1.54) is 0 Å². The minimum absolute atomic E-state index is 0.296. The summed E-state index contributed by atoms with van der Waals surface area (Å²) in [5, 5.41) is 0. The van der Waals surface area contributed by atoms with Gasteiger partial charge in [-0.05, 0) is 37.5 Å². The molecule has 14 heavy (non-hydrogen) atoms. The number of Topliss-reactive ketones (excluding diaryl/α,β-unsaturated/α-hetero) is 2. The van der Waals surface area contributed by atoms with Crippen molar-refractivity contribution >= 4 is 11.6 Å². The monoisotopic (exact) mass is 190 g/mol. The van der Waals surface area contributed by atoms with E-state index in [0.717, 1.165) is 25.7 Å². The maximum Gasteiger partial charge on any atom is 0.139 e. The number of ketones is 2. The SMILES string of the molecule is O=C1[C@H]2CC[C@H]3C(=O)[C@@H]4CC[C@H]1C4C23. The highest BCUT2D eigenvalue weighted by molar-refractivity contribution is 5.96.